The molecule has 0 aromatic heterocycles. The fraction of sp³-hybridized carbons (Fsp3) is 0.267. The topological polar surface area (TPSA) is 97.8 Å². The zero-order chi connectivity index (χ0) is 16.3. The molecule has 0 bridgehead atoms. The summed E-state index contributed by atoms with van der Waals surface area (Å²) >= 11 is 0. The van der Waals surface area contributed by atoms with Crippen LogP contribution < -0.4 is 0 Å². The lowest BCUT2D eigenvalue weighted by molar-refractivity contribution is -0.154. The summed E-state index contributed by atoms with van der Waals surface area (Å²) in [6.45, 7) is 1.01. The van der Waals surface area contributed by atoms with Crippen molar-refractivity contribution in [1.29, 1.82) is 0 Å². The maximum Gasteiger partial charge on any atom is 0.375 e. The smallest absolute Gasteiger partial charge is 0.375 e. The number of ketones is 2. The minimum absolute atomic E-state index is 0.0250. The number of imide groups is 1. The van der Waals surface area contributed by atoms with Gasteiger partial charge in [0.1, 0.15) is 0 Å². The number of esters is 1. The maximum atomic E-state index is 12.0. The molecule has 0 saturated carbocycles. The van der Waals surface area contributed by atoms with E-state index in [2.05, 4.69) is 4.74 Å². The van der Waals surface area contributed by atoms with Crippen molar-refractivity contribution in [2.45, 2.75) is 13.3 Å². The summed E-state index contributed by atoms with van der Waals surface area (Å²) in [5, 5.41) is 0. The Morgan fingerprint density at radius 3 is 2.09 bits per heavy atom. The van der Waals surface area contributed by atoms with Crippen molar-refractivity contribution in [2.24, 2.45) is 0 Å². The highest BCUT2D eigenvalue weighted by molar-refractivity contribution is 6.37. The van der Waals surface area contributed by atoms with Gasteiger partial charge in [0.05, 0.1) is 30.7 Å². The van der Waals surface area contributed by atoms with Crippen LogP contribution in [0.5, 0.6) is 0 Å². The summed E-state index contributed by atoms with van der Waals surface area (Å²) in [5.74, 6) is -3.97. The van der Waals surface area contributed by atoms with E-state index in [1.165, 1.54) is 19.1 Å². The van der Waals surface area contributed by atoms with Gasteiger partial charge >= 0.3 is 5.97 Å². The average molecular weight is 303 g/mol. The van der Waals surface area contributed by atoms with Gasteiger partial charge in [0.25, 0.3) is 11.8 Å². The molecule has 1 aliphatic heterocycles. The third kappa shape index (κ3) is 2.93. The minimum Gasteiger partial charge on any atom is -0.460 e. The molecule has 1 heterocycles. The Hall–Kier alpha value is -2.83. The Labute approximate surface area is 125 Å². The predicted octanol–water partition coefficient (Wildman–Crippen LogP) is 0.374. The lowest BCUT2D eigenvalue weighted by atomic mass is 10.1. The molecule has 1 aliphatic rings. The van der Waals surface area contributed by atoms with Crippen LogP contribution in [0.25, 0.3) is 0 Å². The Kier molecular flexibility index (Phi) is 4.45. The number of benzene rings is 1. The molecular formula is C15H13NO6. The van der Waals surface area contributed by atoms with Crippen molar-refractivity contribution in [3.63, 3.8) is 0 Å². The van der Waals surface area contributed by atoms with Crippen LogP contribution in [0.3, 0.4) is 0 Å². The molecule has 1 aromatic rings. The minimum atomic E-state index is -1.10. The van der Waals surface area contributed by atoms with Crippen molar-refractivity contribution in [1.82, 2.24) is 4.90 Å². The number of Topliss-reactive ketones (excluding diaryl/α,β-unsaturated/α-hetero) is 2. The van der Waals surface area contributed by atoms with E-state index in [1.807, 2.05) is 0 Å². The number of carbonyl (C=O) groups excluding carboxylic acids is 5. The van der Waals surface area contributed by atoms with Gasteiger partial charge in [-0.15, -0.1) is 0 Å². The highest BCUT2D eigenvalue weighted by atomic mass is 16.5. The van der Waals surface area contributed by atoms with Gasteiger partial charge in [-0.05, 0) is 19.1 Å². The third-order valence-electron chi connectivity index (χ3n) is 3.07. The number of hydrogen-bond acceptors (Lipinski definition) is 6. The summed E-state index contributed by atoms with van der Waals surface area (Å²) in [4.78, 5) is 59.2. The van der Waals surface area contributed by atoms with Crippen LogP contribution in [0.4, 0.5) is 0 Å². The summed E-state index contributed by atoms with van der Waals surface area (Å²) in [6.07, 6.45) is -0.702. The number of nitrogens with zero attached hydrogens (tertiary/aromatic N) is 1. The fourth-order valence-corrected chi connectivity index (χ4v) is 2.08. The first-order chi connectivity index (χ1) is 10.5. The zero-order valence-electron chi connectivity index (χ0n) is 11.8. The number of ether oxygens (including phenoxy) is 1. The standard InChI is InChI=1S/C15H13NO6/c1-2-22-15(21)12(18)7-9(17)8-16-13(19)10-5-3-4-6-11(10)14(16)20/h3-6H,2,7-8H2,1H3. The molecule has 2 rings (SSSR count). The van der Waals surface area contributed by atoms with E-state index >= 15 is 0 Å². The molecule has 0 unspecified atom stereocenters. The predicted molar refractivity (Wildman–Crippen MR) is 73.1 cm³/mol. The molecule has 22 heavy (non-hydrogen) atoms. The molecular weight excluding hydrogens is 290 g/mol. The molecule has 0 radical (unpaired) electrons. The van der Waals surface area contributed by atoms with E-state index in [9.17, 15) is 24.0 Å². The SMILES string of the molecule is CCOC(=O)C(=O)CC(=O)CN1C(=O)c2ccccc2C1=O. The second-order valence-electron chi connectivity index (χ2n) is 4.60. The van der Waals surface area contributed by atoms with Gasteiger partial charge in [-0.3, -0.25) is 24.1 Å². The lowest BCUT2D eigenvalue weighted by Crippen LogP contribution is -2.36. The largest absolute Gasteiger partial charge is 0.460 e. The van der Waals surface area contributed by atoms with Gasteiger partial charge in [0.2, 0.25) is 5.78 Å². The van der Waals surface area contributed by atoms with Crippen LogP contribution in [0, 0.1) is 0 Å². The first kappa shape index (κ1) is 15.6. The van der Waals surface area contributed by atoms with Crippen LogP contribution in [0.2, 0.25) is 0 Å². The summed E-state index contributed by atoms with van der Waals surface area (Å²) < 4.78 is 4.48. The van der Waals surface area contributed by atoms with Crippen molar-refractivity contribution >= 4 is 29.4 Å². The molecule has 0 atom stereocenters. The Morgan fingerprint density at radius 2 is 1.59 bits per heavy atom. The van der Waals surface area contributed by atoms with Gasteiger partial charge in [0, 0.05) is 0 Å². The van der Waals surface area contributed by atoms with Crippen molar-refractivity contribution in [3.05, 3.63) is 35.4 Å². The molecule has 7 heteroatoms. The lowest BCUT2D eigenvalue weighted by Gasteiger charge is -2.12. The molecule has 1 aromatic carbocycles. The third-order valence-corrected chi connectivity index (χ3v) is 3.07. The van der Waals surface area contributed by atoms with Crippen LogP contribution in [-0.2, 0) is 19.1 Å². The van der Waals surface area contributed by atoms with Crippen LogP contribution in [0.15, 0.2) is 24.3 Å². The van der Waals surface area contributed by atoms with Gasteiger partial charge in [-0.2, -0.15) is 0 Å². The second-order valence-corrected chi connectivity index (χ2v) is 4.60. The van der Waals surface area contributed by atoms with E-state index in [-0.39, 0.29) is 17.7 Å². The van der Waals surface area contributed by atoms with E-state index in [0.29, 0.717) is 0 Å². The van der Waals surface area contributed by atoms with Crippen LogP contribution >= 0.6 is 0 Å². The number of amides is 2. The Bertz CT molecular complexity index is 643. The van der Waals surface area contributed by atoms with E-state index in [1.54, 1.807) is 12.1 Å². The fourth-order valence-electron chi connectivity index (χ4n) is 2.08. The zero-order valence-corrected chi connectivity index (χ0v) is 11.8. The van der Waals surface area contributed by atoms with Gasteiger partial charge < -0.3 is 4.74 Å². The summed E-state index contributed by atoms with van der Waals surface area (Å²) in [5.41, 5.74) is 0.439. The molecule has 114 valence electrons. The maximum absolute atomic E-state index is 12.0. The first-order valence-electron chi connectivity index (χ1n) is 6.62. The number of rotatable bonds is 6. The highest BCUT2D eigenvalue weighted by Crippen LogP contribution is 2.22. The normalized spacial score (nSPS) is 13.0. The quantitative estimate of drug-likeness (QED) is 0.326. The molecule has 0 N–H and O–H groups in total. The molecule has 0 fully saturated rings. The Balaban J connectivity index is 2.02. The van der Waals surface area contributed by atoms with Gasteiger partial charge in [-0.1, -0.05) is 12.1 Å². The molecule has 0 aliphatic carbocycles. The van der Waals surface area contributed by atoms with Gasteiger partial charge in [-0.25, -0.2) is 4.79 Å². The summed E-state index contributed by atoms with van der Waals surface area (Å²) in [6, 6.07) is 6.20. The van der Waals surface area contributed by atoms with Crippen molar-refractivity contribution in [3.8, 4) is 0 Å². The van der Waals surface area contributed by atoms with E-state index < -0.39 is 42.3 Å². The van der Waals surface area contributed by atoms with Crippen LogP contribution in [0.1, 0.15) is 34.1 Å². The number of hydrogen-bond donors (Lipinski definition) is 0. The van der Waals surface area contributed by atoms with Crippen LogP contribution in [-0.4, -0.2) is 47.4 Å². The number of fused-ring (bicyclic) bond motifs is 1. The monoisotopic (exact) mass is 303 g/mol. The van der Waals surface area contributed by atoms with E-state index in [4.69, 9.17) is 0 Å². The van der Waals surface area contributed by atoms with Gasteiger partial charge in [0.15, 0.2) is 5.78 Å². The molecule has 7 nitrogen and oxygen atoms in total. The molecule has 0 spiro atoms. The number of carbonyl (C=O) groups is 5. The Morgan fingerprint density at radius 1 is 1.05 bits per heavy atom. The summed E-state index contributed by atoms with van der Waals surface area (Å²) in [7, 11) is 0. The average Bonchev–Trinajstić information content (AvgIpc) is 2.73. The first-order valence-corrected chi connectivity index (χ1v) is 6.62. The second kappa shape index (κ2) is 6.30. The van der Waals surface area contributed by atoms with Crippen molar-refractivity contribution in [2.75, 3.05) is 13.2 Å². The highest BCUT2D eigenvalue weighted by Gasteiger charge is 2.36. The van der Waals surface area contributed by atoms with Crippen molar-refractivity contribution < 1.29 is 28.7 Å². The van der Waals surface area contributed by atoms with E-state index in [0.717, 1.165) is 4.90 Å². The molecule has 2 amide bonds. The molecule has 0 saturated heterocycles.